The molecule has 2 heteroatoms. The van der Waals surface area contributed by atoms with E-state index in [9.17, 15) is 0 Å². The Labute approximate surface area is 101 Å². The molecule has 0 heterocycles. The summed E-state index contributed by atoms with van der Waals surface area (Å²) < 4.78 is 1.16. The molecule has 1 N–H and O–H groups in total. The largest absolute Gasteiger partial charge is 0.311 e. The van der Waals surface area contributed by atoms with E-state index in [0.29, 0.717) is 5.92 Å². The van der Waals surface area contributed by atoms with E-state index in [-0.39, 0.29) is 5.54 Å². The van der Waals surface area contributed by atoms with Crippen LogP contribution in [0, 0.1) is 0 Å². The summed E-state index contributed by atoms with van der Waals surface area (Å²) in [6.07, 6.45) is 0. The minimum Gasteiger partial charge on any atom is -0.311 e. The maximum Gasteiger partial charge on any atom is 0.0178 e. The molecule has 0 amide bonds. The van der Waals surface area contributed by atoms with Gasteiger partial charge in [0, 0.05) is 16.6 Å². The summed E-state index contributed by atoms with van der Waals surface area (Å²) in [7, 11) is 0. The molecule has 0 bridgehead atoms. The van der Waals surface area contributed by atoms with Crippen molar-refractivity contribution in [1.29, 1.82) is 0 Å². The van der Waals surface area contributed by atoms with Crippen LogP contribution in [0.5, 0.6) is 0 Å². The van der Waals surface area contributed by atoms with E-state index in [2.05, 4.69) is 73.2 Å². The lowest BCUT2D eigenvalue weighted by molar-refractivity contribution is 0.412. The van der Waals surface area contributed by atoms with Gasteiger partial charge in [0.1, 0.15) is 0 Å². The summed E-state index contributed by atoms with van der Waals surface area (Å²) in [4.78, 5) is 0. The second-order valence-corrected chi connectivity index (χ2v) is 6.00. The lowest BCUT2D eigenvalue weighted by Crippen LogP contribution is -2.38. The fraction of sp³-hybridized carbons (Fsp3) is 0.538. The molecule has 0 fully saturated rings. The van der Waals surface area contributed by atoms with Crippen LogP contribution >= 0.6 is 15.9 Å². The number of nitrogens with one attached hydrogen (secondary N) is 1. The topological polar surface area (TPSA) is 12.0 Å². The summed E-state index contributed by atoms with van der Waals surface area (Å²) in [6, 6.07) is 8.52. The molecule has 1 rings (SSSR count). The summed E-state index contributed by atoms with van der Waals surface area (Å²) in [5, 5.41) is 3.52. The Morgan fingerprint density at radius 2 is 2.00 bits per heavy atom. The molecule has 0 spiro atoms. The molecule has 0 aromatic heterocycles. The molecule has 1 nitrogen and oxygen atoms in total. The Morgan fingerprint density at radius 1 is 1.33 bits per heavy atom. The fourth-order valence-electron chi connectivity index (χ4n) is 1.39. The van der Waals surface area contributed by atoms with Crippen LogP contribution in [0.15, 0.2) is 28.7 Å². The molecule has 1 aromatic carbocycles. The van der Waals surface area contributed by atoms with Crippen molar-refractivity contribution in [3.05, 3.63) is 34.3 Å². The first kappa shape index (κ1) is 12.7. The zero-order valence-electron chi connectivity index (χ0n) is 9.97. The van der Waals surface area contributed by atoms with Crippen molar-refractivity contribution in [1.82, 2.24) is 5.32 Å². The van der Waals surface area contributed by atoms with Gasteiger partial charge < -0.3 is 5.32 Å². The third-order valence-corrected chi connectivity index (χ3v) is 2.85. The van der Waals surface area contributed by atoms with Crippen molar-refractivity contribution in [3.8, 4) is 0 Å². The van der Waals surface area contributed by atoms with Gasteiger partial charge in [0.2, 0.25) is 0 Å². The van der Waals surface area contributed by atoms with E-state index < -0.39 is 0 Å². The van der Waals surface area contributed by atoms with Gasteiger partial charge in [-0.25, -0.2) is 0 Å². The van der Waals surface area contributed by atoms with Crippen LogP contribution in [0.2, 0.25) is 0 Å². The van der Waals surface area contributed by atoms with Gasteiger partial charge in [-0.2, -0.15) is 0 Å². The van der Waals surface area contributed by atoms with Gasteiger partial charge in [-0.05, 0) is 44.4 Å². The molecule has 0 aliphatic heterocycles. The normalized spacial score (nSPS) is 13.9. The summed E-state index contributed by atoms with van der Waals surface area (Å²) in [5.74, 6) is 0.543. The Hall–Kier alpha value is -0.340. The highest BCUT2D eigenvalue weighted by Gasteiger charge is 2.12. The number of benzene rings is 1. The molecular formula is C13H20BrN. The smallest absolute Gasteiger partial charge is 0.0178 e. The second kappa shape index (κ2) is 5.13. The Morgan fingerprint density at radius 3 is 2.53 bits per heavy atom. The minimum atomic E-state index is 0.195. The Balaban J connectivity index is 2.58. The quantitative estimate of drug-likeness (QED) is 0.877. The SMILES string of the molecule is CC(CNC(C)(C)C)c1cccc(Br)c1. The van der Waals surface area contributed by atoms with Gasteiger partial charge in [-0.1, -0.05) is 35.0 Å². The van der Waals surface area contributed by atoms with Gasteiger partial charge in [-0.15, -0.1) is 0 Å². The van der Waals surface area contributed by atoms with Crippen molar-refractivity contribution in [3.63, 3.8) is 0 Å². The molecule has 0 radical (unpaired) electrons. The number of halogens is 1. The van der Waals surface area contributed by atoms with Crippen LogP contribution in [-0.4, -0.2) is 12.1 Å². The minimum absolute atomic E-state index is 0.195. The number of hydrogen-bond acceptors (Lipinski definition) is 1. The number of rotatable bonds is 3. The maximum absolute atomic E-state index is 3.52. The van der Waals surface area contributed by atoms with Crippen molar-refractivity contribution in [2.75, 3.05) is 6.54 Å². The molecule has 0 aliphatic rings. The van der Waals surface area contributed by atoms with Crippen LogP contribution in [0.1, 0.15) is 39.2 Å². The van der Waals surface area contributed by atoms with Crippen molar-refractivity contribution in [2.45, 2.75) is 39.2 Å². The lowest BCUT2D eigenvalue weighted by atomic mass is 9.99. The summed E-state index contributed by atoms with van der Waals surface area (Å²) in [5.41, 5.74) is 1.57. The standard InChI is InChI=1S/C13H20BrN/c1-10(9-15-13(2,3)4)11-6-5-7-12(14)8-11/h5-8,10,15H,9H2,1-4H3. The van der Waals surface area contributed by atoms with Crippen LogP contribution < -0.4 is 5.32 Å². The first-order valence-electron chi connectivity index (χ1n) is 5.39. The number of hydrogen-bond donors (Lipinski definition) is 1. The predicted molar refractivity (Wildman–Crippen MR) is 70.3 cm³/mol. The monoisotopic (exact) mass is 269 g/mol. The highest BCUT2D eigenvalue weighted by molar-refractivity contribution is 9.10. The molecule has 1 unspecified atom stereocenters. The zero-order chi connectivity index (χ0) is 11.5. The molecule has 1 aromatic rings. The molecule has 0 saturated carbocycles. The average molecular weight is 270 g/mol. The molecule has 84 valence electrons. The van der Waals surface area contributed by atoms with E-state index >= 15 is 0 Å². The first-order valence-corrected chi connectivity index (χ1v) is 6.18. The average Bonchev–Trinajstić information content (AvgIpc) is 2.13. The maximum atomic E-state index is 3.52. The molecule has 0 aliphatic carbocycles. The fourth-order valence-corrected chi connectivity index (χ4v) is 1.81. The zero-order valence-corrected chi connectivity index (χ0v) is 11.6. The highest BCUT2D eigenvalue weighted by atomic mass is 79.9. The first-order chi connectivity index (χ1) is 6.88. The highest BCUT2D eigenvalue weighted by Crippen LogP contribution is 2.19. The van der Waals surface area contributed by atoms with Crippen molar-refractivity contribution < 1.29 is 0 Å². The Bertz CT molecular complexity index is 315. The van der Waals surface area contributed by atoms with Crippen molar-refractivity contribution in [2.24, 2.45) is 0 Å². The van der Waals surface area contributed by atoms with E-state index in [1.807, 2.05) is 0 Å². The van der Waals surface area contributed by atoms with E-state index in [1.54, 1.807) is 0 Å². The van der Waals surface area contributed by atoms with E-state index in [1.165, 1.54) is 5.56 Å². The van der Waals surface area contributed by atoms with Crippen LogP contribution in [0.25, 0.3) is 0 Å². The van der Waals surface area contributed by atoms with Gasteiger partial charge in [0.05, 0.1) is 0 Å². The third kappa shape index (κ3) is 4.80. The van der Waals surface area contributed by atoms with Crippen molar-refractivity contribution >= 4 is 15.9 Å². The molecule has 1 atom stereocenters. The van der Waals surface area contributed by atoms with Gasteiger partial charge in [-0.3, -0.25) is 0 Å². The molecule has 0 saturated heterocycles. The summed E-state index contributed by atoms with van der Waals surface area (Å²) >= 11 is 3.50. The van der Waals surface area contributed by atoms with Gasteiger partial charge in [0.15, 0.2) is 0 Å². The second-order valence-electron chi connectivity index (χ2n) is 5.09. The molecular weight excluding hydrogens is 250 g/mol. The van der Waals surface area contributed by atoms with Crippen LogP contribution in [-0.2, 0) is 0 Å². The van der Waals surface area contributed by atoms with E-state index in [4.69, 9.17) is 0 Å². The third-order valence-electron chi connectivity index (χ3n) is 2.36. The lowest BCUT2D eigenvalue weighted by Gasteiger charge is -2.23. The van der Waals surface area contributed by atoms with E-state index in [0.717, 1.165) is 11.0 Å². The van der Waals surface area contributed by atoms with Crippen LogP contribution in [0.3, 0.4) is 0 Å². The summed E-state index contributed by atoms with van der Waals surface area (Å²) in [6.45, 7) is 9.85. The van der Waals surface area contributed by atoms with Gasteiger partial charge >= 0.3 is 0 Å². The molecule has 15 heavy (non-hydrogen) atoms. The predicted octanol–water partition coefficient (Wildman–Crippen LogP) is 3.94. The van der Waals surface area contributed by atoms with Crippen LogP contribution in [0.4, 0.5) is 0 Å². The van der Waals surface area contributed by atoms with Gasteiger partial charge in [0.25, 0.3) is 0 Å². The Kier molecular flexibility index (Phi) is 4.35.